The number of nitrogens with zero attached hydrogens (tertiary/aromatic N) is 1. The standard InChI is InChI=1S/C41H61N5O6/c1-28(2)24-33(38(48)36-27-52-36)43-41(51)35(26-31-18-12-8-13-19-31)45-40(50)34(25-29(3)4)44-39(49)32(22-21-30-16-10-7-11-17-30)42-37(47)20-14-9-15-23-46(5)6/h7-8,10-13,16-19,28-29,32-36H,9,14-15,20-27H2,1-6H3,(H,42,47)(H,43,51)(H,44,49)(H,45,50)/t32-,33?,34?,35-,36+/m0/s1. The Hall–Kier alpha value is -4.09. The zero-order valence-electron chi connectivity index (χ0n) is 32.0. The summed E-state index contributed by atoms with van der Waals surface area (Å²) in [5, 5.41) is 11.7. The minimum Gasteiger partial charge on any atom is -0.365 e. The summed E-state index contributed by atoms with van der Waals surface area (Å²) in [6, 6.07) is 15.5. The third-order valence-electron chi connectivity index (χ3n) is 9.00. The average Bonchev–Trinajstić information content (AvgIpc) is 3.95. The number of ketones is 1. The zero-order valence-corrected chi connectivity index (χ0v) is 32.0. The lowest BCUT2D eigenvalue weighted by Crippen LogP contribution is -2.58. The quantitative estimate of drug-likeness (QED) is 0.0948. The van der Waals surface area contributed by atoms with Crippen molar-refractivity contribution in [3.63, 3.8) is 0 Å². The molecule has 2 aromatic carbocycles. The smallest absolute Gasteiger partial charge is 0.243 e. The summed E-state index contributed by atoms with van der Waals surface area (Å²) < 4.78 is 5.22. The number of carbonyl (C=O) groups excluding carboxylic acids is 5. The summed E-state index contributed by atoms with van der Waals surface area (Å²) in [5.41, 5.74) is 1.86. The van der Waals surface area contributed by atoms with Gasteiger partial charge in [-0.05, 0) is 82.1 Å². The molecule has 2 unspecified atom stereocenters. The molecule has 11 heteroatoms. The van der Waals surface area contributed by atoms with Gasteiger partial charge >= 0.3 is 0 Å². The number of rotatable bonds is 24. The van der Waals surface area contributed by atoms with Crippen molar-refractivity contribution in [1.82, 2.24) is 26.2 Å². The second kappa shape index (κ2) is 22.1. The van der Waals surface area contributed by atoms with Crippen molar-refractivity contribution in [3.05, 3.63) is 71.8 Å². The van der Waals surface area contributed by atoms with E-state index in [0.29, 0.717) is 45.1 Å². The molecule has 11 nitrogen and oxygen atoms in total. The van der Waals surface area contributed by atoms with Gasteiger partial charge in [-0.15, -0.1) is 0 Å². The molecule has 1 fully saturated rings. The molecular weight excluding hydrogens is 658 g/mol. The van der Waals surface area contributed by atoms with Gasteiger partial charge in [-0.2, -0.15) is 0 Å². The van der Waals surface area contributed by atoms with Gasteiger partial charge in [0, 0.05) is 12.8 Å². The van der Waals surface area contributed by atoms with E-state index in [1.165, 1.54) is 0 Å². The van der Waals surface area contributed by atoms with Gasteiger partial charge in [0.25, 0.3) is 0 Å². The van der Waals surface area contributed by atoms with Crippen molar-refractivity contribution >= 4 is 29.4 Å². The van der Waals surface area contributed by atoms with Gasteiger partial charge in [-0.25, -0.2) is 0 Å². The van der Waals surface area contributed by atoms with E-state index in [9.17, 15) is 24.0 Å². The van der Waals surface area contributed by atoms with Crippen molar-refractivity contribution in [1.29, 1.82) is 0 Å². The molecule has 1 heterocycles. The molecule has 0 aliphatic carbocycles. The van der Waals surface area contributed by atoms with Crippen LogP contribution < -0.4 is 21.3 Å². The molecule has 4 amide bonds. The SMILES string of the molecule is CC(C)CC(NC(=O)[C@H](CCc1ccccc1)NC(=O)CCCCCN(C)C)C(=O)N[C@@H](Cc1ccccc1)C(=O)NC(CC(C)C)C(=O)[C@H]1CO1. The van der Waals surface area contributed by atoms with Crippen molar-refractivity contribution in [2.75, 3.05) is 27.2 Å². The minimum atomic E-state index is -1.01. The Morgan fingerprint density at radius 1 is 0.673 bits per heavy atom. The van der Waals surface area contributed by atoms with E-state index < -0.39 is 48.0 Å². The van der Waals surface area contributed by atoms with Gasteiger partial charge < -0.3 is 30.9 Å². The third-order valence-corrected chi connectivity index (χ3v) is 9.00. The molecule has 52 heavy (non-hydrogen) atoms. The predicted molar refractivity (Wildman–Crippen MR) is 203 cm³/mol. The molecule has 5 atom stereocenters. The summed E-state index contributed by atoms with van der Waals surface area (Å²) in [4.78, 5) is 70.0. The van der Waals surface area contributed by atoms with Crippen LogP contribution in [-0.4, -0.2) is 91.8 Å². The summed E-state index contributed by atoms with van der Waals surface area (Å²) in [5.74, 6) is -1.65. The monoisotopic (exact) mass is 719 g/mol. The maximum absolute atomic E-state index is 14.0. The Balaban J connectivity index is 1.77. The zero-order chi connectivity index (χ0) is 38.0. The van der Waals surface area contributed by atoms with Crippen molar-refractivity contribution in [2.45, 2.75) is 116 Å². The molecule has 0 bridgehead atoms. The van der Waals surface area contributed by atoms with Crippen LogP contribution in [0.25, 0.3) is 0 Å². The number of Topliss-reactive ketones (excluding diaryl/α,β-unsaturated/α-hetero) is 1. The van der Waals surface area contributed by atoms with Crippen LogP contribution in [0.3, 0.4) is 0 Å². The molecular formula is C41H61N5O6. The van der Waals surface area contributed by atoms with Crippen LogP contribution in [0.4, 0.5) is 0 Å². The second-order valence-electron chi connectivity index (χ2n) is 15.1. The highest BCUT2D eigenvalue weighted by molar-refractivity contribution is 5.97. The Labute approximate surface area is 310 Å². The van der Waals surface area contributed by atoms with E-state index in [-0.39, 0.29) is 29.9 Å². The van der Waals surface area contributed by atoms with Crippen LogP contribution >= 0.6 is 0 Å². The molecule has 286 valence electrons. The maximum atomic E-state index is 14.0. The Morgan fingerprint density at radius 3 is 1.77 bits per heavy atom. The van der Waals surface area contributed by atoms with Gasteiger partial charge in [0.05, 0.1) is 12.6 Å². The number of amides is 4. The largest absolute Gasteiger partial charge is 0.365 e. The minimum absolute atomic E-state index is 0.0311. The first-order chi connectivity index (χ1) is 24.8. The van der Waals surface area contributed by atoms with Crippen LogP contribution in [0.2, 0.25) is 0 Å². The summed E-state index contributed by atoms with van der Waals surface area (Å²) in [6.07, 6.45) is 4.25. The molecule has 0 aromatic heterocycles. The number of benzene rings is 2. The van der Waals surface area contributed by atoms with Gasteiger partial charge in [-0.3, -0.25) is 24.0 Å². The maximum Gasteiger partial charge on any atom is 0.243 e. The molecule has 1 aliphatic heterocycles. The van der Waals surface area contributed by atoms with Crippen molar-refractivity contribution in [2.24, 2.45) is 11.8 Å². The van der Waals surface area contributed by atoms with Gasteiger partial charge in [0.15, 0.2) is 5.78 Å². The Morgan fingerprint density at radius 2 is 1.19 bits per heavy atom. The summed E-state index contributed by atoms with van der Waals surface area (Å²) >= 11 is 0. The van der Waals surface area contributed by atoms with E-state index in [2.05, 4.69) is 26.2 Å². The highest BCUT2D eigenvalue weighted by Gasteiger charge is 2.38. The van der Waals surface area contributed by atoms with Gasteiger partial charge in [-0.1, -0.05) is 94.8 Å². The predicted octanol–water partition coefficient (Wildman–Crippen LogP) is 3.98. The highest BCUT2D eigenvalue weighted by Crippen LogP contribution is 2.17. The van der Waals surface area contributed by atoms with E-state index in [1.807, 2.05) is 102 Å². The highest BCUT2D eigenvalue weighted by atomic mass is 16.6. The second-order valence-corrected chi connectivity index (χ2v) is 15.1. The number of hydrogen-bond donors (Lipinski definition) is 4. The van der Waals surface area contributed by atoms with E-state index in [4.69, 9.17) is 4.74 Å². The van der Waals surface area contributed by atoms with Crippen molar-refractivity contribution in [3.8, 4) is 0 Å². The fourth-order valence-corrected chi connectivity index (χ4v) is 6.11. The van der Waals surface area contributed by atoms with Crippen LogP contribution in [0.15, 0.2) is 60.7 Å². The third kappa shape index (κ3) is 16.1. The number of hydrogen-bond acceptors (Lipinski definition) is 7. The average molecular weight is 720 g/mol. The topological polar surface area (TPSA) is 149 Å². The Kier molecular flexibility index (Phi) is 18.0. The number of ether oxygens (including phenoxy) is 1. The lowest BCUT2D eigenvalue weighted by atomic mass is 9.97. The van der Waals surface area contributed by atoms with Crippen molar-refractivity contribution < 1.29 is 28.7 Å². The summed E-state index contributed by atoms with van der Waals surface area (Å²) in [7, 11) is 4.04. The molecule has 2 aromatic rings. The molecule has 0 spiro atoms. The van der Waals surface area contributed by atoms with Gasteiger partial charge in [0.1, 0.15) is 24.2 Å². The fourth-order valence-electron chi connectivity index (χ4n) is 6.11. The lowest BCUT2D eigenvalue weighted by molar-refractivity contribution is -0.135. The number of nitrogens with one attached hydrogen (secondary N) is 4. The van der Waals surface area contributed by atoms with Crippen LogP contribution in [0.1, 0.15) is 83.8 Å². The molecule has 1 saturated heterocycles. The summed E-state index contributed by atoms with van der Waals surface area (Å²) in [6.45, 7) is 9.15. The van der Waals surface area contributed by atoms with E-state index in [0.717, 1.165) is 30.5 Å². The number of epoxide rings is 1. The lowest BCUT2D eigenvalue weighted by Gasteiger charge is -2.27. The molecule has 0 saturated carbocycles. The molecule has 4 N–H and O–H groups in total. The first-order valence-corrected chi connectivity index (χ1v) is 18.9. The molecule has 1 aliphatic rings. The number of unbranched alkanes of at least 4 members (excludes halogenated alkanes) is 2. The van der Waals surface area contributed by atoms with Crippen LogP contribution in [0.5, 0.6) is 0 Å². The number of aryl methyl sites for hydroxylation is 1. The fraction of sp³-hybridized carbons (Fsp3) is 0.585. The van der Waals surface area contributed by atoms with E-state index >= 15 is 0 Å². The Bertz CT molecular complexity index is 1410. The normalized spacial score (nSPS) is 16.1. The van der Waals surface area contributed by atoms with Crippen LogP contribution in [0, 0.1) is 11.8 Å². The molecule has 0 radical (unpaired) electrons. The first-order valence-electron chi connectivity index (χ1n) is 18.9. The first kappa shape index (κ1) is 42.3. The van der Waals surface area contributed by atoms with Crippen LogP contribution in [-0.2, 0) is 41.6 Å². The molecule has 3 rings (SSSR count). The van der Waals surface area contributed by atoms with Gasteiger partial charge in [0.2, 0.25) is 23.6 Å². The number of carbonyl (C=O) groups is 5. The van der Waals surface area contributed by atoms with E-state index in [1.54, 1.807) is 0 Å².